The summed E-state index contributed by atoms with van der Waals surface area (Å²) in [5.74, 6) is -0.695. The number of aliphatic hydroxyl groups excluding tert-OH is 1. The van der Waals surface area contributed by atoms with Crippen LogP contribution in [0.15, 0.2) is 11.6 Å². The van der Waals surface area contributed by atoms with E-state index in [-0.39, 0.29) is 12.3 Å². The van der Waals surface area contributed by atoms with E-state index in [0.29, 0.717) is 5.92 Å². The monoisotopic (exact) mass is 306 g/mol. The van der Waals surface area contributed by atoms with E-state index >= 15 is 0 Å². The van der Waals surface area contributed by atoms with Gasteiger partial charge in [0.15, 0.2) is 5.85 Å². The molecule has 5 heteroatoms. The van der Waals surface area contributed by atoms with E-state index in [2.05, 4.69) is 26.8 Å². The van der Waals surface area contributed by atoms with Crippen LogP contribution in [0.2, 0.25) is 0 Å². The van der Waals surface area contributed by atoms with Crippen molar-refractivity contribution >= 4 is 7.60 Å². The molecule has 0 radical (unpaired) electrons. The van der Waals surface area contributed by atoms with Crippen molar-refractivity contribution in [1.82, 2.24) is 0 Å². The third kappa shape index (κ3) is 10.6. The maximum Gasteiger partial charge on any atom is 0.353 e. The number of hydrogen-bond donors (Lipinski definition) is 3. The molecule has 0 spiro atoms. The second-order valence-electron chi connectivity index (χ2n) is 6.31. The Balaban J connectivity index is 3.78. The highest BCUT2D eigenvalue weighted by Crippen LogP contribution is 2.42. The van der Waals surface area contributed by atoms with Gasteiger partial charge in [0.05, 0.1) is 0 Å². The van der Waals surface area contributed by atoms with Crippen LogP contribution in [0.25, 0.3) is 0 Å². The second-order valence-corrected chi connectivity index (χ2v) is 8.08. The van der Waals surface area contributed by atoms with Crippen LogP contribution in [0.4, 0.5) is 0 Å². The Bertz CT molecular complexity index is 331. The minimum absolute atomic E-state index is 0.141. The van der Waals surface area contributed by atoms with E-state index in [0.717, 1.165) is 25.7 Å². The quantitative estimate of drug-likeness (QED) is 0.420. The lowest BCUT2D eigenvalue weighted by atomic mass is 9.94. The van der Waals surface area contributed by atoms with Crippen molar-refractivity contribution in [2.24, 2.45) is 11.8 Å². The highest BCUT2D eigenvalue weighted by molar-refractivity contribution is 7.52. The second kappa shape index (κ2) is 9.73. The Labute approximate surface area is 123 Å². The molecule has 0 heterocycles. The first-order valence-corrected chi connectivity index (χ1v) is 9.17. The van der Waals surface area contributed by atoms with E-state index in [9.17, 15) is 9.67 Å². The molecule has 0 aromatic heterocycles. The van der Waals surface area contributed by atoms with Crippen molar-refractivity contribution in [3.05, 3.63) is 11.6 Å². The summed E-state index contributed by atoms with van der Waals surface area (Å²) in [5.41, 5.74) is 1.36. The van der Waals surface area contributed by atoms with Gasteiger partial charge in [-0.1, -0.05) is 44.8 Å². The number of aliphatic hydroxyl groups is 1. The molecule has 4 nitrogen and oxygen atoms in total. The fraction of sp³-hybridized carbons (Fsp3) is 0.867. The summed E-state index contributed by atoms with van der Waals surface area (Å²) >= 11 is 0. The number of rotatable bonds is 10. The number of allylic oxidation sites excluding steroid dienone is 2. The van der Waals surface area contributed by atoms with Crippen LogP contribution in [0.5, 0.6) is 0 Å². The van der Waals surface area contributed by atoms with Gasteiger partial charge in [0.1, 0.15) is 0 Å². The molecular formula is C15H31O4P. The van der Waals surface area contributed by atoms with Crippen LogP contribution in [-0.2, 0) is 4.57 Å². The van der Waals surface area contributed by atoms with E-state index in [4.69, 9.17) is 9.79 Å². The summed E-state index contributed by atoms with van der Waals surface area (Å²) in [6, 6.07) is 0. The highest BCUT2D eigenvalue weighted by atomic mass is 31.2. The largest absolute Gasteiger partial charge is 0.380 e. The molecule has 0 bridgehead atoms. The van der Waals surface area contributed by atoms with Crippen LogP contribution < -0.4 is 0 Å². The predicted octanol–water partition coefficient (Wildman–Crippen LogP) is 4.06. The third-order valence-corrected chi connectivity index (χ3v) is 4.59. The van der Waals surface area contributed by atoms with Gasteiger partial charge in [-0.15, -0.1) is 0 Å². The summed E-state index contributed by atoms with van der Waals surface area (Å²) in [7, 11) is -4.34. The molecule has 3 atom stereocenters. The standard InChI is InChI=1S/C15H31O4P/c1-12(2)7-5-8-13(3)9-6-10-14(4)11-15(16)20(17,18)19/h7,13-16H,5-6,8-11H2,1-4H3,(H2,17,18,19)/t13-,14-,15-/m0/s1. The molecule has 0 saturated carbocycles. The first kappa shape index (κ1) is 19.9. The van der Waals surface area contributed by atoms with E-state index in [1.165, 1.54) is 12.0 Å². The zero-order valence-corrected chi connectivity index (χ0v) is 14.1. The van der Waals surface area contributed by atoms with Crippen molar-refractivity contribution in [3.63, 3.8) is 0 Å². The van der Waals surface area contributed by atoms with E-state index in [1.807, 2.05) is 6.92 Å². The van der Waals surface area contributed by atoms with Gasteiger partial charge >= 0.3 is 7.60 Å². The van der Waals surface area contributed by atoms with Crippen LogP contribution in [-0.4, -0.2) is 20.7 Å². The average molecular weight is 306 g/mol. The maximum atomic E-state index is 10.9. The van der Waals surface area contributed by atoms with Gasteiger partial charge in [0.2, 0.25) is 0 Å². The molecule has 0 aromatic carbocycles. The molecule has 20 heavy (non-hydrogen) atoms. The Morgan fingerprint density at radius 1 is 1.10 bits per heavy atom. The molecule has 0 aromatic rings. The van der Waals surface area contributed by atoms with Gasteiger partial charge in [0, 0.05) is 0 Å². The molecule has 120 valence electrons. The molecule has 0 fully saturated rings. The molecule has 0 aliphatic heterocycles. The zero-order chi connectivity index (χ0) is 15.8. The average Bonchev–Trinajstić information content (AvgIpc) is 2.26. The topological polar surface area (TPSA) is 77.8 Å². The van der Waals surface area contributed by atoms with Gasteiger partial charge in [-0.05, 0) is 44.9 Å². The zero-order valence-electron chi connectivity index (χ0n) is 13.2. The van der Waals surface area contributed by atoms with Crippen LogP contribution in [0.1, 0.15) is 66.2 Å². The lowest BCUT2D eigenvalue weighted by Gasteiger charge is -2.18. The van der Waals surface area contributed by atoms with Crippen molar-refractivity contribution in [2.45, 2.75) is 72.1 Å². The molecule has 0 amide bonds. The summed E-state index contributed by atoms with van der Waals surface area (Å²) in [5, 5.41) is 9.36. The molecule has 0 unspecified atom stereocenters. The Hall–Kier alpha value is -0.150. The van der Waals surface area contributed by atoms with Crippen LogP contribution in [0, 0.1) is 11.8 Å². The summed E-state index contributed by atoms with van der Waals surface area (Å²) in [4.78, 5) is 17.7. The first-order chi connectivity index (χ1) is 9.12. The van der Waals surface area contributed by atoms with Gasteiger partial charge < -0.3 is 14.9 Å². The van der Waals surface area contributed by atoms with E-state index < -0.39 is 13.4 Å². The fourth-order valence-corrected chi connectivity index (χ4v) is 2.87. The van der Waals surface area contributed by atoms with Crippen LogP contribution in [0.3, 0.4) is 0 Å². The Morgan fingerprint density at radius 3 is 2.15 bits per heavy atom. The molecule has 3 N–H and O–H groups in total. The molecule has 0 rings (SSSR count). The predicted molar refractivity (Wildman–Crippen MR) is 83.5 cm³/mol. The van der Waals surface area contributed by atoms with Crippen LogP contribution >= 0.6 is 7.60 Å². The van der Waals surface area contributed by atoms with Crippen molar-refractivity contribution in [1.29, 1.82) is 0 Å². The van der Waals surface area contributed by atoms with E-state index in [1.54, 1.807) is 0 Å². The Kier molecular flexibility index (Phi) is 9.65. The Morgan fingerprint density at radius 2 is 1.65 bits per heavy atom. The van der Waals surface area contributed by atoms with Crippen molar-refractivity contribution in [2.75, 3.05) is 0 Å². The first-order valence-electron chi connectivity index (χ1n) is 7.49. The summed E-state index contributed by atoms with van der Waals surface area (Å²) in [6.07, 6.45) is 7.83. The number of hydrogen-bond acceptors (Lipinski definition) is 2. The van der Waals surface area contributed by atoms with Gasteiger partial charge in [0.25, 0.3) is 0 Å². The minimum Gasteiger partial charge on any atom is -0.380 e. The smallest absolute Gasteiger partial charge is 0.353 e. The molecule has 0 saturated heterocycles. The normalized spacial score (nSPS) is 16.6. The minimum atomic E-state index is -4.34. The molecule has 0 aliphatic carbocycles. The van der Waals surface area contributed by atoms with Gasteiger partial charge in [-0.25, -0.2) is 0 Å². The lowest BCUT2D eigenvalue weighted by molar-refractivity contribution is 0.173. The molecule has 0 aliphatic rings. The SMILES string of the molecule is CC(C)=CCC[C@H](C)CCC[C@H](C)C[C@@H](O)P(=O)(O)O. The summed E-state index contributed by atoms with van der Waals surface area (Å²) in [6.45, 7) is 8.40. The van der Waals surface area contributed by atoms with Crippen molar-refractivity contribution in [3.8, 4) is 0 Å². The fourth-order valence-electron chi connectivity index (χ4n) is 2.23. The summed E-state index contributed by atoms with van der Waals surface area (Å²) < 4.78 is 10.9. The maximum absolute atomic E-state index is 10.9. The van der Waals surface area contributed by atoms with Gasteiger partial charge in [-0.3, -0.25) is 4.57 Å². The van der Waals surface area contributed by atoms with Gasteiger partial charge in [-0.2, -0.15) is 0 Å². The third-order valence-electron chi connectivity index (χ3n) is 3.61. The van der Waals surface area contributed by atoms with Crippen molar-refractivity contribution < 1.29 is 19.5 Å². The lowest BCUT2D eigenvalue weighted by Crippen LogP contribution is -2.12. The highest BCUT2D eigenvalue weighted by Gasteiger charge is 2.27. The molecular weight excluding hydrogens is 275 g/mol.